The zero-order valence-electron chi connectivity index (χ0n) is 9.96. The van der Waals surface area contributed by atoms with Crippen LogP contribution in [0.5, 0.6) is 0 Å². The average Bonchev–Trinajstić information content (AvgIpc) is 3.06. The minimum Gasteiger partial charge on any atom is -0.481 e. The first-order chi connectivity index (χ1) is 8.40. The number of nitrogens with one attached hydrogen (secondary N) is 1. The summed E-state index contributed by atoms with van der Waals surface area (Å²) in [5.41, 5.74) is 5.64. The van der Waals surface area contributed by atoms with Crippen LogP contribution >= 0.6 is 0 Å². The summed E-state index contributed by atoms with van der Waals surface area (Å²) in [5, 5.41) is 19.6. The molecule has 0 bridgehead atoms. The van der Waals surface area contributed by atoms with Crippen LogP contribution in [0.4, 0.5) is 0 Å². The van der Waals surface area contributed by atoms with Gasteiger partial charge >= 0.3 is 11.9 Å². The lowest BCUT2D eigenvalue weighted by atomic mass is 10.1. The number of amides is 1. The van der Waals surface area contributed by atoms with E-state index in [1.165, 1.54) is 0 Å². The summed E-state index contributed by atoms with van der Waals surface area (Å²) in [6, 6.07) is -1.91. The van der Waals surface area contributed by atoms with Crippen LogP contribution in [0, 0.1) is 5.92 Å². The van der Waals surface area contributed by atoms with E-state index in [1.54, 1.807) is 0 Å². The van der Waals surface area contributed by atoms with Gasteiger partial charge in [-0.2, -0.15) is 0 Å². The molecule has 0 saturated heterocycles. The molecular formula is C11H18N2O5. The first-order valence-electron chi connectivity index (χ1n) is 5.90. The number of hydrogen-bond donors (Lipinski definition) is 4. The van der Waals surface area contributed by atoms with Gasteiger partial charge in [-0.15, -0.1) is 0 Å². The van der Waals surface area contributed by atoms with E-state index >= 15 is 0 Å². The number of aliphatic carboxylic acids is 2. The number of carbonyl (C=O) groups excluding carboxylic acids is 1. The van der Waals surface area contributed by atoms with Crippen molar-refractivity contribution in [1.29, 1.82) is 0 Å². The molecule has 2 atom stereocenters. The van der Waals surface area contributed by atoms with Crippen LogP contribution < -0.4 is 11.1 Å². The molecule has 0 heterocycles. The molecule has 0 aliphatic heterocycles. The number of nitrogens with two attached hydrogens (primary N) is 1. The predicted octanol–water partition coefficient (Wildman–Crippen LogP) is -0.452. The maximum Gasteiger partial charge on any atom is 0.326 e. The highest BCUT2D eigenvalue weighted by Gasteiger charge is 2.29. The molecule has 1 unspecified atom stereocenters. The molecule has 102 valence electrons. The highest BCUT2D eigenvalue weighted by atomic mass is 16.4. The molecule has 1 aliphatic rings. The van der Waals surface area contributed by atoms with Gasteiger partial charge in [0.15, 0.2) is 0 Å². The summed E-state index contributed by atoms with van der Waals surface area (Å²) < 4.78 is 0. The molecule has 1 amide bonds. The molecule has 1 fully saturated rings. The highest BCUT2D eigenvalue weighted by Crippen LogP contribution is 2.33. The summed E-state index contributed by atoms with van der Waals surface area (Å²) >= 11 is 0. The average molecular weight is 258 g/mol. The van der Waals surface area contributed by atoms with Crippen molar-refractivity contribution in [2.24, 2.45) is 11.7 Å². The van der Waals surface area contributed by atoms with E-state index in [0.717, 1.165) is 12.8 Å². The molecule has 7 heteroatoms. The summed E-state index contributed by atoms with van der Waals surface area (Å²) in [6.07, 6.45) is 2.21. The number of rotatable bonds is 8. The van der Waals surface area contributed by atoms with Crippen LogP contribution in [0.15, 0.2) is 0 Å². The van der Waals surface area contributed by atoms with Crippen LogP contribution in [-0.4, -0.2) is 40.1 Å². The van der Waals surface area contributed by atoms with Crippen molar-refractivity contribution in [2.45, 2.75) is 44.2 Å². The first kappa shape index (κ1) is 14.4. The Kier molecular flexibility index (Phi) is 5.08. The van der Waals surface area contributed by atoms with Gasteiger partial charge in [-0.05, 0) is 18.8 Å². The lowest BCUT2D eigenvalue weighted by molar-refractivity contribution is -0.143. The van der Waals surface area contributed by atoms with Gasteiger partial charge in [0.2, 0.25) is 5.91 Å². The van der Waals surface area contributed by atoms with Crippen LogP contribution in [-0.2, 0) is 14.4 Å². The lowest BCUT2D eigenvalue weighted by Gasteiger charge is -2.17. The number of carboxylic acids is 2. The predicted molar refractivity (Wildman–Crippen MR) is 61.8 cm³/mol. The lowest BCUT2D eigenvalue weighted by Crippen LogP contribution is -2.48. The van der Waals surface area contributed by atoms with Crippen molar-refractivity contribution < 1.29 is 24.6 Å². The Bertz CT molecular complexity index is 340. The molecule has 18 heavy (non-hydrogen) atoms. The molecule has 0 aromatic carbocycles. The molecule has 0 aromatic heterocycles. The zero-order chi connectivity index (χ0) is 13.7. The van der Waals surface area contributed by atoms with Crippen LogP contribution in [0.2, 0.25) is 0 Å². The Morgan fingerprint density at radius 1 is 1.28 bits per heavy atom. The minimum absolute atomic E-state index is 0.146. The van der Waals surface area contributed by atoms with Gasteiger partial charge in [0.1, 0.15) is 6.04 Å². The maximum atomic E-state index is 11.6. The fourth-order valence-corrected chi connectivity index (χ4v) is 1.62. The Balaban J connectivity index is 2.40. The van der Waals surface area contributed by atoms with Crippen molar-refractivity contribution in [1.82, 2.24) is 5.32 Å². The fourth-order valence-electron chi connectivity index (χ4n) is 1.62. The normalized spacial score (nSPS) is 17.8. The third-order valence-electron chi connectivity index (χ3n) is 2.88. The fraction of sp³-hybridized carbons (Fsp3) is 0.727. The van der Waals surface area contributed by atoms with Gasteiger partial charge in [-0.25, -0.2) is 4.79 Å². The molecule has 1 saturated carbocycles. The molecular weight excluding hydrogens is 240 g/mol. The topological polar surface area (TPSA) is 130 Å². The Labute approximate surface area is 104 Å². The van der Waals surface area contributed by atoms with Crippen molar-refractivity contribution in [2.75, 3.05) is 0 Å². The third kappa shape index (κ3) is 5.13. The SMILES string of the molecule is NC(CC1CC1)C(=O)N[C@@H](CCC(=O)O)C(=O)O. The van der Waals surface area contributed by atoms with Crippen molar-refractivity contribution in [3.63, 3.8) is 0 Å². The zero-order valence-corrected chi connectivity index (χ0v) is 9.96. The van der Waals surface area contributed by atoms with Gasteiger partial charge in [0.25, 0.3) is 0 Å². The molecule has 0 spiro atoms. The van der Waals surface area contributed by atoms with E-state index in [-0.39, 0.29) is 12.8 Å². The number of carbonyl (C=O) groups is 3. The number of hydrogen-bond acceptors (Lipinski definition) is 4. The van der Waals surface area contributed by atoms with Gasteiger partial charge in [0, 0.05) is 6.42 Å². The van der Waals surface area contributed by atoms with Gasteiger partial charge in [-0.3, -0.25) is 9.59 Å². The second kappa shape index (κ2) is 6.34. The van der Waals surface area contributed by atoms with Crippen molar-refractivity contribution in [3.05, 3.63) is 0 Å². The van der Waals surface area contributed by atoms with Crippen molar-refractivity contribution in [3.8, 4) is 0 Å². The van der Waals surface area contributed by atoms with Gasteiger partial charge < -0.3 is 21.3 Å². The van der Waals surface area contributed by atoms with E-state index < -0.39 is 29.9 Å². The van der Waals surface area contributed by atoms with Crippen LogP contribution in [0.1, 0.15) is 32.1 Å². The minimum atomic E-state index is -1.25. The van der Waals surface area contributed by atoms with E-state index in [2.05, 4.69) is 5.32 Å². The van der Waals surface area contributed by atoms with Crippen molar-refractivity contribution >= 4 is 17.8 Å². The second-order valence-electron chi connectivity index (χ2n) is 4.62. The Hall–Kier alpha value is -1.63. The van der Waals surface area contributed by atoms with Gasteiger partial charge in [-0.1, -0.05) is 12.8 Å². The molecule has 5 N–H and O–H groups in total. The van der Waals surface area contributed by atoms with E-state index in [1.807, 2.05) is 0 Å². The summed E-state index contributed by atoms with van der Waals surface area (Å²) in [6.45, 7) is 0. The molecule has 1 aliphatic carbocycles. The third-order valence-corrected chi connectivity index (χ3v) is 2.88. The van der Waals surface area contributed by atoms with E-state index in [0.29, 0.717) is 12.3 Å². The molecule has 0 radical (unpaired) electrons. The quantitative estimate of drug-likeness (QED) is 0.466. The van der Waals surface area contributed by atoms with E-state index in [4.69, 9.17) is 15.9 Å². The molecule has 1 rings (SSSR count). The standard InChI is InChI=1S/C11H18N2O5/c12-7(5-6-1-2-6)10(16)13-8(11(17)18)3-4-9(14)15/h6-8H,1-5,12H2,(H,13,16)(H,14,15)(H,17,18)/t7?,8-/m0/s1. The second-order valence-corrected chi connectivity index (χ2v) is 4.62. The molecule has 7 nitrogen and oxygen atoms in total. The maximum absolute atomic E-state index is 11.6. The first-order valence-corrected chi connectivity index (χ1v) is 5.90. The largest absolute Gasteiger partial charge is 0.481 e. The van der Waals surface area contributed by atoms with Gasteiger partial charge in [0.05, 0.1) is 6.04 Å². The number of carboxylic acid groups (broad SMARTS) is 2. The molecule has 0 aromatic rings. The van der Waals surface area contributed by atoms with Crippen LogP contribution in [0.3, 0.4) is 0 Å². The monoisotopic (exact) mass is 258 g/mol. The van der Waals surface area contributed by atoms with Crippen LogP contribution in [0.25, 0.3) is 0 Å². The highest BCUT2D eigenvalue weighted by molar-refractivity contribution is 5.87. The Morgan fingerprint density at radius 3 is 2.33 bits per heavy atom. The Morgan fingerprint density at radius 2 is 1.89 bits per heavy atom. The smallest absolute Gasteiger partial charge is 0.326 e. The summed E-state index contributed by atoms with van der Waals surface area (Å²) in [4.78, 5) is 32.8. The van der Waals surface area contributed by atoms with E-state index in [9.17, 15) is 14.4 Å². The summed E-state index contributed by atoms with van der Waals surface area (Å²) in [7, 11) is 0. The summed E-state index contributed by atoms with van der Waals surface area (Å²) in [5.74, 6) is -2.41.